The molecule has 1 amide bonds. The second-order valence-electron chi connectivity index (χ2n) is 6.03. The molecule has 3 rings (SSSR count). The van der Waals surface area contributed by atoms with E-state index in [9.17, 15) is 9.00 Å². The smallest absolute Gasteiger partial charge is 0.222 e. The van der Waals surface area contributed by atoms with Crippen molar-refractivity contribution in [3.8, 4) is 11.3 Å². The Bertz CT molecular complexity index is 1010. The first kappa shape index (κ1) is 18.7. The van der Waals surface area contributed by atoms with E-state index in [0.717, 1.165) is 17.0 Å². The van der Waals surface area contributed by atoms with Gasteiger partial charge in [0.1, 0.15) is 16.7 Å². The average Bonchev–Trinajstić information content (AvgIpc) is 2.93. The van der Waals surface area contributed by atoms with Crippen LogP contribution in [0.4, 0.5) is 17.3 Å². The molecule has 9 heteroatoms. The monoisotopic (exact) mass is 384 g/mol. The van der Waals surface area contributed by atoms with Crippen LogP contribution in [0.2, 0.25) is 0 Å². The molecule has 0 radical (unpaired) electrons. The predicted octanol–water partition coefficient (Wildman–Crippen LogP) is 2.62. The van der Waals surface area contributed by atoms with Crippen LogP contribution < -0.4 is 10.6 Å². The Morgan fingerprint density at radius 1 is 1.22 bits per heavy atom. The zero-order valence-electron chi connectivity index (χ0n) is 15.5. The number of nitrogens with zero attached hydrogens (tertiary/aromatic N) is 4. The van der Waals surface area contributed by atoms with Crippen molar-refractivity contribution in [2.45, 2.75) is 18.9 Å². The summed E-state index contributed by atoms with van der Waals surface area (Å²) in [7, 11) is 0.681. The van der Waals surface area contributed by atoms with Crippen LogP contribution in [0.3, 0.4) is 0 Å². The summed E-state index contributed by atoms with van der Waals surface area (Å²) in [6.07, 6.45) is 3.23. The van der Waals surface area contributed by atoms with Gasteiger partial charge in [0.05, 0.1) is 22.2 Å². The Morgan fingerprint density at radius 3 is 2.63 bits per heavy atom. The molecule has 8 nitrogen and oxygen atoms in total. The summed E-state index contributed by atoms with van der Waals surface area (Å²) < 4.78 is 13.5. The van der Waals surface area contributed by atoms with Crippen LogP contribution in [-0.2, 0) is 22.6 Å². The Balaban J connectivity index is 2.05. The lowest BCUT2D eigenvalue weighted by Crippen LogP contribution is -2.08. The highest BCUT2D eigenvalue weighted by molar-refractivity contribution is 7.84. The summed E-state index contributed by atoms with van der Waals surface area (Å²) in [6.45, 7) is 3.39. The topological polar surface area (TPSA) is 102 Å². The van der Waals surface area contributed by atoms with Crippen molar-refractivity contribution in [3.05, 3.63) is 42.2 Å². The van der Waals surface area contributed by atoms with Crippen LogP contribution in [0.1, 0.15) is 12.6 Å². The molecule has 0 spiro atoms. The third-order valence-corrected chi connectivity index (χ3v) is 4.70. The summed E-state index contributed by atoms with van der Waals surface area (Å²) >= 11 is 0. The normalized spacial score (nSPS) is 11.9. The number of aromatic nitrogens is 4. The van der Waals surface area contributed by atoms with Gasteiger partial charge in [0.15, 0.2) is 0 Å². The number of anilines is 3. The molecule has 0 aliphatic carbocycles. The van der Waals surface area contributed by atoms with Gasteiger partial charge in [-0.25, -0.2) is 9.97 Å². The van der Waals surface area contributed by atoms with Gasteiger partial charge in [-0.1, -0.05) is 6.07 Å². The fraction of sp³-hybridized carbons (Fsp3) is 0.222. The van der Waals surface area contributed by atoms with Crippen molar-refractivity contribution in [2.24, 2.45) is 7.05 Å². The maximum absolute atomic E-state index is 11.7. The number of amides is 1. The highest BCUT2D eigenvalue weighted by Gasteiger charge is 2.13. The number of pyridine rings is 2. The molecular formula is C18H20N6O2S. The van der Waals surface area contributed by atoms with Crippen LogP contribution in [0, 0.1) is 6.92 Å². The van der Waals surface area contributed by atoms with Crippen LogP contribution in [0.5, 0.6) is 0 Å². The first-order valence-corrected chi connectivity index (χ1v) is 9.75. The van der Waals surface area contributed by atoms with E-state index in [2.05, 4.69) is 25.7 Å². The zero-order chi connectivity index (χ0) is 19.6. The van der Waals surface area contributed by atoms with E-state index in [1.54, 1.807) is 41.4 Å². The molecule has 0 saturated carbocycles. The standard InChI is InChI=1S/C18H20N6O2S/c1-11-8-15(23-24(11)3)13-10-19-17(20-12(2)25)9-14(13)21-16-6-5-7-18(22-16)27(4)26/h5-10H,1-4H3,(H2,19,20,21,22,25). The largest absolute Gasteiger partial charge is 0.339 e. The maximum atomic E-state index is 11.7. The van der Waals surface area contributed by atoms with Gasteiger partial charge in [-0.2, -0.15) is 5.10 Å². The van der Waals surface area contributed by atoms with Crippen molar-refractivity contribution < 1.29 is 9.00 Å². The van der Waals surface area contributed by atoms with Gasteiger partial charge in [-0.3, -0.25) is 13.7 Å². The zero-order valence-corrected chi connectivity index (χ0v) is 16.3. The van der Waals surface area contributed by atoms with Crippen molar-refractivity contribution in [1.29, 1.82) is 0 Å². The maximum Gasteiger partial charge on any atom is 0.222 e. The van der Waals surface area contributed by atoms with Crippen molar-refractivity contribution >= 4 is 34.0 Å². The second kappa shape index (κ2) is 7.67. The molecule has 3 aromatic rings. The van der Waals surface area contributed by atoms with Crippen LogP contribution >= 0.6 is 0 Å². The van der Waals surface area contributed by atoms with Gasteiger partial charge >= 0.3 is 0 Å². The van der Waals surface area contributed by atoms with E-state index in [1.165, 1.54) is 6.92 Å². The van der Waals surface area contributed by atoms with E-state index in [1.807, 2.05) is 20.0 Å². The molecule has 0 aliphatic rings. The van der Waals surface area contributed by atoms with Crippen LogP contribution in [0.15, 0.2) is 41.6 Å². The predicted molar refractivity (Wildman–Crippen MR) is 105 cm³/mol. The summed E-state index contributed by atoms with van der Waals surface area (Å²) in [5.41, 5.74) is 3.19. The second-order valence-corrected chi connectivity index (χ2v) is 7.36. The summed E-state index contributed by atoms with van der Waals surface area (Å²) in [5.74, 6) is 0.740. The van der Waals surface area contributed by atoms with Gasteiger partial charge in [-0.05, 0) is 25.1 Å². The number of hydrogen-bond acceptors (Lipinski definition) is 6. The number of hydrogen-bond donors (Lipinski definition) is 2. The minimum absolute atomic E-state index is 0.212. The van der Waals surface area contributed by atoms with Gasteiger partial charge in [0, 0.05) is 43.7 Å². The number of aryl methyl sites for hydroxylation is 2. The van der Waals surface area contributed by atoms with Gasteiger partial charge < -0.3 is 10.6 Å². The van der Waals surface area contributed by atoms with Crippen molar-refractivity contribution in [1.82, 2.24) is 19.7 Å². The third-order valence-electron chi connectivity index (χ3n) is 3.88. The fourth-order valence-corrected chi connectivity index (χ4v) is 2.98. The Hall–Kier alpha value is -3.07. The number of carbonyl (C=O) groups is 1. The highest BCUT2D eigenvalue weighted by Crippen LogP contribution is 2.31. The summed E-state index contributed by atoms with van der Waals surface area (Å²) in [6, 6.07) is 8.94. The SMILES string of the molecule is CC(=O)Nc1cc(Nc2cccc(S(C)=O)n2)c(-c2cc(C)n(C)n2)cn1. The third kappa shape index (κ3) is 4.37. The van der Waals surface area contributed by atoms with Crippen LogP contribution in [0.25, 0.3) is 11.3 Å². The molecular weight excluding hydrogens is 364 g/mol. The quantitative estimate of drug-likeness (QED) is 0.701. The molecule has 0 aliphatic heterocycles. The summed E-state index contributed by atoms with van der Waals surface area (Å²) in [4.78, 5) is 20.0. The van der Waals surface area contributed by atoms with E-state index >= 15 is 0 Å². The lowest BCUT2D eigenvalue weighted by molar-refractivity contribution is -0.114. The highest BCUT2D eigenvalue weighted by atomic mass is 32.2. The lowest BCUT2D eigenvalue weighted by Gasteiger charge is -2.12. The number of rotatable bonds is 5. The lowest BCUT2D eigenvalue weighted by atomic mass is 10.1. The van der Waals surface area contributed by atoms with E-state index in [0.29, 0.717) is 22.3 Å². The Kier molecular flexibility index (Phi) is 5.31. The van der Waals surface area contributed by atoms with E-state index < -0.39 is 10.8 Å². The molecule has 1 unspecified atom stereocenters. The van der Waals surface area contributed by atoms with E-state index in [4.69, 9.17) is 0 Å². The molecule has 0 fully saturated rings. The molecule has 3 heterocycles. The summed E-state index contributed by atoms with van der Waals surface area (Å²) in [5, 5.41) is 10.9. The van der Waals surface area contributed by atoms with Gasteiger partial charge in [0.25, 0.3) is 0 Å². The Labute approximate surface area is 159 Å². The number of nitrogens with one attached hydrogen (secondary N) is 2. The number of carbonyl (C=O) groups excluding carboxylic acids is 1. The first-order valence-electron chi connectivity index (χ1n) is 8.19. The van der Waals surface area contributed by atoms with Crippen LogP contribution in [-0.4, -0.2) is 36.1 Å². The minimum Gasteiger partial charge on any atom is -0.339 e. The van der Waals surface area contributed by atoms with Crippen molar-refractivity contribution in [3.63, 3.8) is 0 Å². The Morgan fingerprint density at radius 2 is 2.00 bits per heavy atom. The molecule has 0 aromatic carbocycles. The van der Waals surface area contributed by atoms with E-state index in [-0.39, 0.29) is 5.91 Å². The molecule has 27 heavy (non-hydrogen) atoms. The average molecular weight is 384 g/mol. The molecule has 1 atom stereocenters. The first-order chi connectivity index (χ1) is 12.8. The molecule has 3 aromatic heterocycles. The molecule has 140 valence electrons. The molecule has 0 bridgehead atoms. The fourth-order valence-electron chi connectivity index (χ4n) is 2.49. The van der Waals surface area contributed by atoms with Gasteiger partial charge in [-0.15, -0.1) is 0 Å². The van der Waals surface area contributed by atoms with Crippen molar-refractivity contribution in [2.75, 3.05) is 16.9 Å². The molecule has 2 N–H and O–H groups in total. The minimum atomic E-state index is -1.19. The molecule has 0 saturated heterocycles. The van der Waals surface area contributed by atoms with Gasteiger partial charge in [0.2, 0.25) is 5.91 Å².